The fourth-order valence-electron chi connectivity index (χ4n) is 2.78. The van der Waals surface area contributed by atoms with Crippen LogP contribution in [0.2, 0.25) is 0 Å². The van der Waals surface area contributed by atoms with Gasteiger partial charge in [0.2, 0.25) is 5.91 Å². The minimum absolute atomic E-state index is 0.290. The van der Waals surface area contributed by atoms with E-state index in [-0.39, 0.29) is 0 Å². The highest BCUT2D eigenvalue weighted by Gasteiger charge is 2.52. The van der Waals surface area contributed by atoms with Crippen LogP contribution in [0, 0.1) is 0 Å². The van der Waals surface area contributed by atoms with E-state index in [1.54, 1.807) is 0 Å². The molecule has 0 atom stereocenters. The Kier molecular flexibility index (Phi) is 2.06. The molecule has 0 aromatic heterocycles. The molecule has 1 saturated carbocycles. The molecular weight excluding hydrogens is 198 g/mol. The van der Waals surface area contributed by atoms with Gasteiger partial charge in [-0.2, -0.15) is 0 Å². The largest absolute Gasteiger partial charge is 0.311 e. The Morgan fingerprint density at radius 2 is 2.12 bits per heavy atom. The molecule has 0 N–H and O–H groups in total. The average molecular weight is 215 g/mol. The van der Waals surface area contributed by atoms with Gasteiger partial charge in [-0.1, -0.05) is 25.1 Å². The highest BCUT2D eigenvalue weighted by molar-refractivity contribution is 5.96. The van der Waals surface area contributed by atoms with Crippen molar-refractivity contribution in [2.45, 2.75) is 38.0 Å². The molecule has 2 aliphatic rings. The van der Waals surface area contributed by atoms with Crippen molar-refractivity contribution in [2.75, 3.05) is 11.4 Å². The number of carbonyl (C=O) groups excluding carboxylic acids is 1. The van der Waals surface area contributed by atoms with Gasteiger partial charge in [0.25, 0.3) is 0 Å². The lowest BCUT2D eigenvalue weighted by Gasteiger charge is -2.17. The summed E-state index contributed by atoms with van der Waals surface area (Å²) in [6, 6.07) is 8.41. The van der Waals surface area contributed by atoms with Gasteiger partial charge < -0.3 is 4.90 Å². The summed E-state index contributed by atoms with van der Waals surface area (Å²) in [7, 11) is 0. The maximum Gasteiger partial charge on any atom is 0.227 e. The summed E-state index contributed by atoms with van der Waals surface area (Å²) < 4.78 is 0. The molecular formula is C14H17NO. The summed E-state index contributed by atoms with van der Waals surface area (Å²) in [4.78, 5) is 14.1. The summed E-state index contributed by atoms with van der Waals surface area (Å²) in [6.07, 6.45) is 4.11. The Labute approximate surface area is 96.3 Å². The molecule has 1 amide bonds. The van der Waals surface area contributed by atoms with Crippen LogP contribution in [0.25, 0.3) is 0 Å². The molecule has 0 radical (unpaired) electrons. The zero-order chi connectivity index (χ0) is 11.2. The van der Waals surface area contributed by atoms with Crippen LogP contribution in [0.3, 0.4) is 0 Å². The van der Waals surface area contributed by atoms with Crippen LogP contribution < -0.4 is 4.90 Å². The van der Waals surface area contributed by atoms with Crippen molar-refractivity contribution in [2.24, 2.45) is 0 Å². The van der Waals surface area contributed by atoms with Crippen molar-refractivity contribution in [3.8, 4) is 0 Å². The summed E-state index contributed by atoms with van der Waals surface area (Å²) in [5, 5.41) is 0. The number of rotatable bonds is 2. The van der Waals surface area contributed by atoms with Crippen LogP contribution in [0.5, 0.6) is 0 Å². The Hall–Kier alpha value is -1.31. The standard InChI is InChI=1S/C14H17NO/c1-2-5-13(16)15-10-14(8-9-14)11-6-3-4-7-12(11)15/h3-4,6-7H,2,5,8-10H2,1H3. The van der Waals surface area contributed by atoms with Gasteiger partial charge in [-0.05, 0) is 30.9 Å². The SMILES string of the molecule is CCCC(=O)N1CC2(CC2)c2ccccc21. The first kappa shape index (κ1) is 9.88. The third kappa shape index (κ3) is 1.29. The number of nitrogens with zero attached hydrogens (tertiary/aromatic N) is 1. The van der Waals surface area contributed by atoms with Crippen LogP contribution >= 0.6 is 0 Å². The molecule has 1 aromatic carbocycles. The van der Waals surface area contributed by atoms with E-state index in [0.29, 0.717) is 17.7 Å². The number of amides is 1. The van der Waals surface area contributed by atoms with Crippen LogP contribution in [0.15, 0.2) is 24.3 Å². The van der Waals surface area contributed by atoms with Crippen molar-refractivity contribution in [1.29, 1.82) is 0 Å². The normalized spacial score (nSPS) is 19.9. The third-order valence-electron chi connectivity index (χ3n) is 3.85. The average Bonchev–Trinajstić information content (AvgIpc) is 2.99. The number of carbonyl (C=O) groups is 1. The van der Waals surface area contributed by atoms with Crippen LogP contribution in [-0.4, -0.2) is 12.5 Å². The van der Waals surface area contributed by atoms with Crippen molar-refractivity contribution >= 4 is 11.6 Å². The molecule has 1 spiro atoms. The number of hydrogen-bond donors (Lipinski definition) is 0. The van der Waals surface area contributed by atoms with Gasteiger partial charge in [0.15, 0.2) is 0 Å². The summed E-state index contributed by atoms with van der Waals surface area (Å²) >= 11 is 0. The molecule has 2 nitrogen and oxygen atoms in total. The smallest absolute Gasteiger partial charge is 0.227 e. The molecule has 1 heterocycles. The summed E-state index contributed by atoms with van der Waals surface area (Å²) in [5.41, 5.74) is 2.90. The minimum atomic E-state index is 0.290. The molecule has 0 saturated heterocycles. The van der Waals surface area contributed by atoms with Crippen LogP contribution in [-0.2, 0) is 10.2 Å². The third-order valence-corrected chi connectivity index (χ3v) is 3.85. The maximum atomic E-state index is 12.0. The topological polar surface area (TPSA) is 20.3 Å². The Morgan fingerprint density at radius 1 is 1.38 bits per heavy atom. The van der Waals surface area contributed by atoms with Crippen LogP contribution in [0.4, 0.5) is 5.69 Å². The van der Waals surface area contributed by atoms with Gasteiger partial charge in [-0.25, -0.2) is 0 Å². The first-order valence-electron chi connectivity index (χ1n) is 6.17. The quantitative estimate of drug-likeness (QED) is 0.743. The fraction of sp³-hybridized carbons (Fsp3) is 0.500. The van der Waals surface area contributed by atoms with Gasteiger partial charge in [-0.3, -0.25) is 4.79 Å². The number of para-hydroxylation sites is 1. The molecule has 16 heavy (non-hydrogen) atoms. The minimum Gasteiger partial charge on any atom is -0.311 e. The van der Waals surface area contributed by atoms with E-state index in [1.807, 2.05) is 11.0 Å². The highest BCUT2D eigenvalue weighted by atomic mass is 16.2. The fourth-order valence-corrected chi connectivity index (χ4v) is 2.78. The maximum absolute atomic E-state index is 12.0. The number of fused-ring (bicyclic) bond motifs is 2. The van der Waals surface area contributed by atoms with Gasteiger partial charge in [0, 0.05) is 24.1 Å². The zero-order valence-corrected chi connectivity index (χ0v) is 9.70. The molecule has 0 unspecified atom stereocenters. The lowest BCUT2D eigenvalue weighted by molar-refractivity contribution is -0.118. The van der Waals surface area contributed by atoms with Gasteiger partial charge >= 0.3 is 0 Å². The predicted molar refractivity (Wildman–Crippen MR) is 64.6 cm³/mol. The molecule has 1 aliphatic carbocycles. The lowest BCUT2D eigenvalue weighted by Crippen LogP contribution is -2.31. The molecule has 1 aromatic rings. The van der Waals surface area contributed by atoms with Crippen molar-refractivity contribution < 1.29 is 4.79 Å². The molecule has 2 heteroatoms. The van der Waals surface area contributed by atoms with E-state index in [1.165, 1.54) is 24.1 Å². The Bertz CT molecular complexity index is 434. The van der Waals surface area contributed by atoms with E-state index < -0.39 is 0 Å². The molecule has 0 bridgehead atoms. The molecule has 1 aliphatic heterocycles. The van der Waals surface area contributed by atoms with Crippen LogP contribution in [0.1, 0.15) is 38.2 Å². The van der Waals surface area contributed by atoms with E-state index in [9.17, 15) is 4.79 Å². The number of benzene rings is 1. The Morgan fingerprint density at radius 3 is 2.81 bits per heavy atom. The van der Waals surface area contributed by atoms with Gasteiger partial charge in [0.05, 0.1) is 0 Å². The van der Waals surface area contributed by atoms with E-state index in [0.717, 1.165) is 13.0 Å². The summed E-state index contributed by atoms with van der Waals surface area (Å²) in [5.74, 6) is 0.290. The summed E-state index contributed by atoms with van der Waals surface area (Å²) in [6.45, 7) is 2.98. The molecule has 84 valence electrons. The Balaban J connectivity index is 1.97. The monoisotopic (exact) mass is 215 g/mol. The second-order valence-electron chi connectivity index (χ2n) is 5.03. The lowest BCUT2D eigenvalue weighted by atomic mass is 9.99. The van der Waals surface area contributed by atoms with Crippen molar-refractivity contribution in [1.82, 2.24) is 0 Å². The number of hydrogen-bond acceptors (Lipinski definition) is 1. The number of anilines is 1. The predicted octanol–water partition coefficient (Wildman–Crippen LogP) is 2.86. The highest BCUT2D eigenvalue weighted by Crippen LogP contribution is 2.56. The second kappa shape index (κ2) is 3.34. The first-order chi connectivity index (χ1) is 7.77. The molecule has 1 fully saturated rings. The van der Waals surface area contributed by atoms with E-state index in [4.69, 9.17) is 0 Å². The van der Waals surface area contributed by atoms with Gasteiger partial charge in [0.1, 0.15) is 0 Å². The van der Waals surface area contributed by atoms with Gasteiger partial charge in [-0.15, -0.1) is 0 Å². The van der Waals surface area contributed by atoms with Crippen molar-refractivity contribution in [3.05, 3.63) is 29.8 Å². The van der Waals surface area contributed by atoms with E-state index in [2.05, 4.69) is 25.1 Å². The van der Waals surface area contributed by atoms with E-state index >= 15 is 0 Å². The van der Waals surface area contributed by atoms with Crippen molar-refractivity contribution in [3.63, 3.8) is 0 Å². The molecule has 3 rings (SSSR count). The zero-order valence-electron chi connectivity index (χ0n) is 9.70. The first-order valence-corrected chi connectivity index (χ1v) is 6.17. The second-order valence-corrected chi connectivity index (χ2v) is 5.03.